The maximum absolute atomic E-state index is 11.1. The maximum Gasteiger partial charge on any atom is 0.335 e. The molecule has 0 aliphatic carbocycles. The number of hydrogen-bond donors (Lipinski definition) is 2. The molecule has 14 heteroatoms. The van der Waals surface area contributed by atoms with Gasteiger partial charge in [-0.1, -0.05) is 35.9 Å². The third kappa shape index (κ3) is 8.67. The summed E-state index contributed by atoms with van der Waals surface area (Å²) < 4.78 is 40.9. The Kier molecular flexibility index (Phi) is 11.9. The topological polar surface area (TPSA) is 135 Å². The standard InChI is InChI=1S/C19H18N2O3S.C17H15ClN2O3S2/c1-3-21-16(15-6-4-5-7-17(15)24-2)12-25-19(21)20-14-10-8-13(9-11-14)18(22)23;1-2-20-16(12-4-3-5-13(18)10-12)11-24-17(20)19-14-6-8-15(9-7-14)25(21,22)23/h4-12H,3H2,1-2H3,(H,22,23);3-11H,2H2,1H3,(H,21,22,23). The molecule has 0 amide bonds. The average Bonchev–Trinajstić information content (AvgIpc) is 3.71. The molecule has 0 saturated heterocycles. The highest BCUT2D eigenvalue weighted by molar-refractivity contribution is 7.85. The highest BCUT2D eigenvalue weighted by Gasteiger charge is 2.12. The molecule has 0 saturated carbocycles. The number of aromatic nitrogens is 2. The van der Waals surface area contributed by atoms with Gasteiger partial charge in [0.05, 0.1) is 40.3 Å². The summed E-state index contributed by atoms with van der Waals surface area (Å²) >= 11 is 9.12. The summed E-state index contributed by atoms with van der Waals surface area (Å²) in [6.07, 6.45) is 0. The average molecular weight is 749 g/mol. The van der Waals surface area contributed by atoms with E-state index in [4.69, 9.17) is 26.0 Å². The molecule has 0 spiro atoms. The highest BCUT2D eigenvalue weighted by Crippen LogP contribution is 2.30. The van der Waals surface area contributed by atoms with Gasteiger partial charge in [-0.05, 0) is 86.6 Å². The second-order valence-corrected chi connectivity index (χ2v) is 14.1. The lowest BCUT2D eigenvalue weighted by molar-refractivity contribution is 0.0697. The Morgan fingerprint density at radius 1 is 0.800 bits per heavy atom. The van der Waals surface area contributed by atoms with Crippen LogP contribution in [0.25, 0.3) is 22.5 Å². The molecule has 0 atom stereocenters. The fourth-order valence-corrected chi connectivity index (χ4v) is 7.64. The van der Waals surface area contributed by atoms with E-state index in [1.54, 1.807) is 54.8 Å². The normalized spacial score (nSPS) is 12.0. The predicted octanol–water partition coefficient (Wildman–Crippen LogP) is 8.54. The Hall–Kier alpha value is -4.79. The first kappa shape index (κ1) is 36.5. The molecule has 0 bridgehead atoms. The molecule has 0 unspecified atom stereocenters. The van der Waals surface area contributed by atoms with Crippen LogP contribution in [0.5, 0.6) is 5.75 Å². The molecule has 0 fully saturated rings. The van der Waals surface area contributed by atoms with Crippen LogP contribution < -0.4 is 14.3 Å². The first-order valence-corrected chi connectivity index (χ1v) is 18.9. The van der Waals surface area contributed by atoms with Crippen LogP contribution in [0.3, 0.4) is 0 Å². The van der Waals surface area contributed by atoms with Gasteiger partial charge in [-0.3, -0.25) is 4.55 Å². The quantitative estimate of drug-likeness (QED) is 0.142. The van der Waals surface area contributed by atoms with Gasteiger partial charge in [-0.15, -0.1) is 22.7 Å². The van der Waals surface area contributed by atoms with Crippen molar-refractivity contribution < 1.29 is 27.6 Å². The third-order valence-electron chi connectivity index (χ3n) is 7.43. The smallest absolute Gasteiger partial charge is 0.335 e. The molecule has 258 valence electrons. The largest absolute Gasteiger partial charge is 0.496 e. The summed E-state index contributed by atoms with van der Waals surface area (Å²) in [7, 11) is -2.53. The van der Waals surface area contributed by atoms with Crippen molar-refractivity contribution in [3.05, 3.63) is 128 Å². The fraction of sp³-hybridized carbons (Fsp3) is 0.139. The number of ether oxygens (including phenoxy) is 1. The van der Waals surface area contributed by atoms with E-state index in [1.807, 2.05) is 60.8 Å². The number of carboxylic acids is 1. The van der Waals surface area contributed by atoms with E-state index in [1.165, 1.54) is 23.5 Å². The predicted molar refractivity (Wildman–Crippen MR) is 199 cm³/mol. The lowest BCUT2D eigenvalue weighted by Gasteiger charge is -2.10. The molecular formula is C36H33ClN4O6S3. The Bertz CT molecular complexity index is 2360. The first-order valence-electron chi connectivity index (χ1n) is 15.3. The number of carboxylic acid groups (broad SMARTS) is 1. The van der Waals surface area contributed by atoms with Crippen LogP contribution in [0.1, 0.15) is 24.2 Å². The van der Waals surface area contributed by atoms with Crippen molar-refractivity contribution in [2.24, 2.45) is 9.98 Å². The van der Waals surface area contributed by atoms with Crippen LogP contribution >= 0.6 is 34.3 Å². The van der Waals surface area contributed by atoms with Crippen molar-refractivity contribution in [2.75, 3.05) is 7.11 Å². The summed E-state index contributed by atoms with van der Waals surface area (Å²) in [4.78, 5) is 21.7. The van der Waals surface area contributed by atoms with E-state index in [2.05, 4.69) is 31.4 Å². The maximum atomic E-state index is 11.1. The van der Waals surface area contributed by atoms with E-state index < -0.39 is 16.1 Å². The molecule has 50 heavy (non-hydrogen) atoms. The third-order valence-corrected chi connectivity index (χ3v) is 10.3. The minimum atomic E-state index is -4.20. The van der Waals surface area contributed by atoms with Crippen molar-refractivity contribution in [2.45, 2.75) is 31.8 Å². The van der Waals surface area contributed by atoms with Crippen LogP contribution in [0.15, 0.2) is 123 Å². The van der Waals surface area contributed by atoms with Gasteiger partial charge in [0.15, 0.2) is 9.60 Å². The van der Waals surface area contributed by atoms with E-state index in [0.29, 0.717) is 10.7 Å². The van der Waals surface area contributed by atoms with Gasteiger partial charge in [-0.2, -0.15) is 8.42 Å². The van der Waals surface area contributed by atoms with Gasteiger partial charge in [0.25, 0.3) is 10.1 Å². The molecule has 4 aromatic carbocycles. The number of benzene rings is 4. The second kappa shape index (κ2) is 16.3. The zero-order valence-corrected chi connectivity index (χ0v) is 30.4. The summed E-state index contributed by atoms with van der Waals surface area (Å²) in [5, 5.41) is 13.7. The zero-order chi connectivity index (χ0) is 35.8. The molecule has 0 aliphatic rings. The lowest BCUT2D eigenvalue weighted by Crippen LogP contribution is -2.14. The number of carbonyl (C=O) groups is 1. The summed E-state index contributed by atoms with van der Waals surface area (Å²) in [5.74, 6) is -0.121. The van der Waals surface area contributed by atoms with Gasteiger partial charge < -0.3 is 19.0 Å². The monoisotopic (exact) mass is 748 g/mol. The SMILES string of the molecule is CCn1c(-c2cccc(Cl)c2)csc1=Nc1ccc(S(=O)(=O)O)cc1.CCn1c(-c2ccccc2OC)csc1=Nc1ccc(C(=O)O)cc1. The first-order chi connectivity index (χ1) is 24.0. The molecule has 0 aliphatic heterocycles. The number of thiazole rings is 2. The minimum Gasteiger partial charge on any atom is -0.496 e. The van der Waals surface area contributed by atoms with Crippen LogP contribution in [0.2, 0.25) is 5.02 Å². The molecular weight excluding hydrogens is 716 g/mol. The van der Waals surface area contributed by atoms with Crippen LogP contribution in [-0.2, 0) is 23.2 Å². The van der Waals surface area contributed by atoms with Crippen LogP contribution in [0.4, 0.5) is 11.4 Å². The molecule has 6 rings (SSSR count). The molecule has 2 aromatic heterocycles. The lowest BCUT2D eigenvalue weighted by atomic mass is 10.1. The van der Waals surface area contributed by atoms with E-state index in [9.17, 15) is 13.2 Å². The van der Waals surface area contributed by atoms with Crippen molar-refractivity contribution in [1.82, 2.24) is 9.13 Å². The van der Waals surface area contributed by atoms with E-state index in [-0.39, 0.29) is 10.5 Å². The number of methoxy groups -OCH3 is 1. The molecule has 2 N–H and O–H groups in total. The number of aromatic carboxylic acids is 1. The Morgan fingerprint density at radius 3 is 1.90 bits per heavy atom. The summed E-state index contributed by atoms with van der Waals surface area (Å²) in [5.41, 5.74) is 5.67. The Labute approximate surface area is 302 Å². The van der Waals surface area contributed by atoms with Crippen molar-refractivity contribution in [1.29, 1.82) is 0 Å². The van der Waals surface area contributed by atoms with Gasteiger partial charge in [-0.25, -0.2) is 14.8 Å². The van der Waals surface area contributed by atoms with Crippen molar-refractivity contribution >= 4 is 61.7 Å². The number of halogens is 1. The fourth-order valence-electron chi connectivity index (χ4n) is 4.99. The second-order valence-electron chi connectivity index (χ2n) is 10.6. The molecule has 10 nitrogen and oxygen atoms in total. The molecule has 6 aromatic rings. The number of rotatable bonds is 9. The van der Waals surface area contributed by atoms with E-state index in [0.717, 1.165) is 56.6 Å². The van der Waals surface area contributed by atoms with Crippen LogP contribution in [-0.4, -0.2) is 40.3 Å². The highest BCUT2D eigenvalue weighted by atomic mass is 35.5. The van der Waals surface area contributed by atoms with Gasteiger partial charge >= 0.3 is 5.97 Å². The van der Waals surface area contributed by atoms with Crippen molar-refractivity contribution in [3.63, 3.8) is 0 Å². The van der Waals surface area contributed by atoms with Gasteiger partial charge in [0.1, 0.15) is 5.75 Å². The number of para-hydroxylation sites is 1. The minimum absolute atomic E-state index is 0.152. The molecule has 0 radical (unpaired) electrons. The van der Waals surface area contributed by atoms with E-state index >= 15 is 0 Å². The van der Waals surface area contributed by atoms with Crippen molar-refractivity contribution in [3.8, 4) is 28.3 Å². The molecule has 2 heterocycles. The zero-order valence-electron chi connectivity index (χ0n) is 27.2. The summed E-state index contributed by atoms with van der Waals surface area (Å²) in [6.45, 7) is 5.59. The number of nitrogens with zero attached hydrogens (tertiary/aromatic N) is 4. The Balaban J connectivity index is 0.000000194. The number of hydrogen-bond acceptors (Lipinski definition) is 8. The van der Waals surface area contributed by atoms with Gasteiger partial charge in [0, 0.05) is 40.0 Å². The Morgan fingerprint density at radius 2 is 1.36 bits per heavy atom. The summed E-state index contributed by atoms with van der Waals surface area (Å²) in [6, 6.07) is 27.8. The van der Waals surface area contributed by atoms with Gasteiger partial charge in [0.2, 0.25) is 0 Å². The van der Waals surface area contributed by atoms with Crippen LogP contribution in [0, 0.1) is 0 Å².